The first-order chi connectivity index (χ1) is 25.0. The zero-order valence-corrected chi connectivity index (χ0v) is 29.4. The van der Waals surface area contributed by atoms with Gasteiger partial charge in [0.2, 0.25) is 0 Å². The van der Waals surface area contributed by atoms with Gasteiger partial charge in [-0.3, -0.25) is 0 Å². The van der Waals surface area contributed by atoms with Crippen LogP contribution in [0.15, 0.2) is 176 Å². The molecule has 1 heterocycles. The van der Waals surface area contributed by atoms with E-state index in [1.165, 1.54) is 75.5 Å². The maximum Gasteiger partial charge on any atom is 0.0467 e. The molecule has 1 aliphatic carbocycles. The summed E-state index contributed by atoms with van der Waals surface area (Å²) in [6.07, 6.45) is 0. The number of hydrogen-bond acceptors (Lipinski definition) is 2. The van der Waals surface area contributed by atoms with Gasteiger partial charge in [-0.05, 0) is 110 Å². The molecule has 0 amide bonds. The molecular weight excluding hydrogens is 635 g/mol. The first kappa shape index (κ1) is 29.9. The van der Waals surface area contributed by atoms with Gasteiger partial charge in [-0.15, -0.1) is 11.3 Å². The summed E-state index contributed by atoms with van der Waals surface area (Å²) in [7, 11) is 0. The second-order valence-corrected chi connectivity index (χ2v) is 15.2. The van der Waals surface area contributed by atoms with E-state index in [9.17, 15) is 0 Å². The number of thiophene rings is 1. The van der Waals surface area contributed by atoms with Crippen molar-refractivity contribution in [3.63, 3.8) is 0 Å². The summed E-state index contributed by atoms with van der Waals surface area (Å²) < 4.78 is 2.71. The van der Waals surface area contributed by atoms with Gasteiger partial charge in [0.25, 0.3) is 0 Å². The Labute approximate surface area is 302 Å². The molecule has 0 N–H and O–H groups in total. The minimum Gasteiger partial charge on any atom is -0.310 e. The van der Waals surface area contributed by atoms with Crippen molar-refractivity contribution >= 4 is 59.3 Å². The highest BCUT2D eigenvalue weighted by Gasteiger charge is 2.35. The molecule has 0 saturated heterocycles. The summed E-state index contributed by atoms with van der Waals surface area (Å²) in [5.74, 6) is 0. The number of anilines is 3. The SMILES string of the molecule is CC1(C)c2ccccc2-c2ccc(N(c3ccccc3)c3cccc(-c4cccc(-c5ccc6c(ccc7c8ccccc8sc67)c5)c4)c3)cc21. The Morgan fingerprint density at radius 3 is 1.92 bits per heavy atom. The van der Waals surface area contributed by atoms with E-state index in [1.54, 1.807) is 0 Å². The van der Waals surface area contributed by atoms with E-state index in [0.717, 1.165) is 17.1 Å². The first-order valence-electron chi connectivity index (χ1n) is 17.7. The highest BCUT2D eigenvalue weighted by Crippen LogP contribution is 2.50. The number of rotatable bonds is 5. The van der Waals surface area contributed by atoms with Crippen molar-refractivity contribution in [1.29, 1.82) is 0 Å². The van der Waals surface area contributed by atoms with E-state index in [2.05, 4.69) is 195 Å². The van der Waals surface area contributed by atoms with E-state index in [4.69, 9.17) is 0 Å². The average molecular weight is 670 g/mol. The molecule has 0 aliphatic heterocycles. The van der Waals surface area contributed by atoms with Crippen molar-refractivity contribution in [3.05, 3.63) is 187 Å². The van der Waals surface area contributed by atoms with Crippen LogP contribution in [-0.2, 0) is 5.41 Å². The number of hydrogen-bond donors (Lipinski definition) is 0. The molecule has 1 nitrogen and oxygen atoms in total. The fourth-order valence-corrected chi connectivity index (χ4v) is 9.49. The summed E-state index contributed by atoms with van der Waals surface area (Å²) >= 11 is 1.89. The number of nitrogens with zero attached hydrogens (tertiary/aromatic N) is 1. The van der Waals surface area contributed by atoms with Crippen molar-refractivity contribution in [2.24, 2.45) is 0 Å². The Morgan fingerprint density at radius 2 is 1.06 bits per heavy atom. The minimum atomic E-state index is -0.0702. The maximum atomic E-state index is 2.40. The fourth-order valence-electron chi connectivity index (χ4n) is 8.25. The lowest BCUT2D eigenvalue weighted by atomic mass is 9.82. The van der Waals surface area contributed by atoms with Crippen LogP contribution in [0, 0.1) is 0 Å². The zero-order chi connectivity index (χ0) is 34.1. The summed E-state index contributed by atoms with van der Waals surface area (Å²) in [6, 6.07) is 64.8. The Hall–Kier alpha value is -5.96. The standard InChI is InChI=1S/C49H35NS/c1-49(2)45-20-8-6-18-41(45)42-27-24-39(31-46(42)49)50(37-15-4-3-5-16-37)38-17-11-14-34(30-38)32-12-10-13-33(28-32)35-22-25-40-36(29-35)23-26-44-43-19-7-9-21-47(43)51-48(40)44/h3-31H,1-2H3. The van der Waals surface area contributed by atoms with Gasteiger partial charge in [0.15, 0.2) is 0 Å². The van der Waals surface area contributed by atoms with Crippen LogP contribution in [0.1, 0.15) is 25.0 Å². The molecule has 0 atom stereocenters. The molecule has 51 heavy (non-hydrogen) atoms. The van der Waals surface area contributed by atoms with Crippen LogP contribution in [0.25, 0.3) is 64.3 Å². The topological polar surface area (TPSA) is 3.24 Å². The van der Waals surface area contributed by atoms with Crippen molar-refractivity contribution in [3.8, 4) is 33.4 Å². The molecule has 1 aliphatic rings. The number of fused-ring (bicyclic) bond motifs is 8. The van der Waals surface area contributed by atoms with E-state index in [1.807, 2.05) is 11.3 Å². The summed E-state index contributed by atoms with van der Waals surface area (Å²) in [6.45, 7) is 4.70. The zero-order valence-electron chi connectivity index (χ0n) is 28.6. The molecule has 0 radical (unpaired) electrons. The lowest BCUT2D eigenvalue weighted by Gasteiger charge is -2.28. The van der Waals surface area contributed by atoms with Crippen LogP contribution >= 0.6 is 11.3 Å². The first-order valence-corrected chi connectivity index (χ1v) is 18.5. The van der Waals surface area contributed by atoms with E-state index in [-0.39, 0.29) is 5.41 Å². The molecule has 8 aromatic carbocycles. The van der Waals surface area contributed by atoms with Crippen LogP contribution in [0.3, 0.4) is 0 Å². The van der Waals surface area contributed by atoms with Crippen molar-refractivity contribution in [1.82, 2.24) is 0 Å². The molecule has 0 saturated carbocycles. The predicted octanol–water partition coefficient (Wildman–Crippen LogP) is 14.3. The molecule has 242 valence electrons. The normalized spacial score (nSPS) is 13.1. The molecule has 1 aromatic heterocycles. The third-order valence-corrected chi connectivity index (χ3v) is 12.1. The third-order valence-electron chi connectivity index (χ3n) is 10.8. The van der Waals surface area contributed by atoms with Gasteiger partial charge in [-0.2, -0.15) is 0 Å². The van der Waals surface area contributed by atoms with Crippen LogP contribution in [-0.4, -0.2) is 0 Å². The molecule has 0 spiro atoms. The third kappa shape index (κ3) is 4.82. The summed E-state index contributed by atoms with van der Waals surface area (Å²) in [5, 5.41) is 5.28. The Balaban J connectivity index is 1.04. The molecule has 2 heteroatoms. The quantitative estimate of drug-likeness (QED) is 0.176. The molecule has 0 unspecified atom stereocenters. The average Bonchev–Trinajstić information content (AvgIpc) is 3.68. The second-order valence-electron chi connectivity index (χ2n) is 14.2. The second kappa shape index (κ2) is 11.6. The lowest BCUT2D eigenvalue weighted by Crippen LogP contribution is -2.16. The highest BCUT2D eigenvalue weighted by molar-refractivity contribution is 7.26. The maximum absolute atomic E-state index is 2.40. The molecule has 10 rings (SSSR count). The minimum absolute atomic E-state index is 0.0702. The summed E-state index contributed by atoms with van der Waals surface area (Å²) in [5.41, 5.74) is 13.7. The molecule has 0 bridgehead atoms. The van der Waals surface area contributed by atoms with Gasteiger partial charge in [0.05, 0.1) is 0 Å². The van der Waals surface area contributed by atoms with Gasteiger partial charge in [-0.1, -0.05) is 135 Å². The van der Waals surface area contributed by atoms with Gasteiger partial charge in [-0.25, -0.2) is 0 Å². The smallest absolute Gasteiger partial charge is 0.0467 e. The van der Waals surface area contributed by atoms with Crippen molar-refractivity contribution in [2.45, 2.75) is 19.3 Å². The van der Waals surface area contributed by atoms with Gasteiger partial charge >= 0.3 is 0 Å². The molecule has 0 fully saturated rings. The van der Waals surface area contributed by atoms with Gasteiger partial charge < -0.3 is 4.90 Å². The monoisotopic (exact) mass is 669 g/mol. The van der Waals surface area contributed by atoms with E-state index in [0.29, 0.717) is 0 Å². The largest absolute Gasteiger partial charge is 0.310 e. The lowest BCUT2D eigenvalue weighted by molar-refractivity contribution is 0.660. The van der Waals surface area contributed by atoms with Crippen LogP contribution < -0.4 is 4.90 Å². The summed E-state index contributed by atoms with van der Waals surface area (Å²) in [4.78, 5) is 2.39. The van der Waals surface area contributed by atoms with Crippen molar-refractivity contribution in [2.75, 3.05) is 4.90 Å². The van der Waals surface area contributed by atoms with Crippen LogP contribution in [0.5, 0.6) is 0 Å². The highest BCUT2D eigenvalue weighted by atomic mass is 32.1. The number of benzene rings is 8. The molecular formula is C49H35NS. The Morgan fingerprint density at radius 1 is 0.412 bits per heavy atom. The van der Waals surface area contributed by atoms with E-state index >= 15 is 0 Å². The van der Waals surface area contributed by atoms with Crippen molar-refractivity contribution < 1.29 is 0 Å². The predicted molar refractivity (Wildman–Crippen MR) is 220 cm³/mol. The molecule has 9 aromatic rings. The van der Waals surface area contributed by atoms with Crippen LogP contribution in [0.4, 0.5) is 17.1 Å². The van der Waals surface area contributed by atoms with Gasteiger partial charge in [0.1, 0.15) is 0 Å². The van der Waals surface area contributed by atoms with Crippen LogP contribution in [0.2, 0.25) is 0 Å². The fraction of sp³-hybridized carbons (Fsp3) is 0.0612. The van der Waals surface area contributed by atoms with Gasteiger partial charge in [0, 0.05) is 42.6 Å². The number of para-hydroxylation sites is 1. The Bertz CT molecular complexity index is 2790. The van der Waals surface area contributed by atoms with E-state index < -0.39 is 0 Å². The Kier molecular flexibility index (Phi) is 6.78.